The van der Waals surface area contributed by atoms with E-state index in [4.69, 9.17) is 0 Å². The summed E-state index contributed by atoms with van der Waals surface area (Å²) in [7, 11) is 1.99. The lowest BCUT2D eigenvalue weighted by atomic mass is 9.97. The quantitative estimate of drug-likeness (QED) is 0.715. The predicted molar refractivity (Wildman–Crippen MR) is 57.2 cm³/mol. The Hall–Kier alpha value is -0.120. The number of hydrogen-bond donors (Lipinski definition) is 2. The first-order valence-electron chi connectivity index (χ1n) is 5.46. The van der Waals surface area contributed by atoms with Crippen molar-refractivity contribution < 1.29 is 10.2 Å². The first-order valence-corrected chi connectivity index (χ1v) is 5.46. The predicted octanol–water partition coefficient (Wildman–Crippen LogP) is 0.991. The molecule has 0 spiro atoms. The standard InChI is InChI=1S/C11H23NO2/c1-8(11(2,3)14)12(4)9-6-5-7-10(9)13/h8-10,13-14H,5-7H2,1-4H3/t8?,9-,10-/m0/s1. The van der Waals surface area contributed by atoms with Gasteiger partial charge >= 0.3 is 0 Å². The number of rotatable bonds is 3. The molecule has 14 heavy (non-hydrogen) atoms. The highest BCUT2D eigenvalue weighted by Crippen LogP contribution is 2.27. The fourth-order valence-corrected chi connectivity index (χ4v) is 2.18. The zero-order chi connectivity index (χ0) is 10.9. The average molecular weight is 201 g/mol. The second-order valence-electron chi connectivity index (χ2n) is 5.06. The molecule has 0 heterocycles. The number of aliphatic hydroxyl groups excluding tert-OH is 1. The summed E-state index contributed by atoms with van der Waals surface area (Å²) in [6.45, 7) is 5.63. The van der Waals surface area contributed by atoms with E-state index in [1.165, 1.54) is 0 Å². The molecule has 1 rings (SSSR count). The van der Waals surface area contributed by atoms with E-state index >= 15 is 0 Å². The Balaban J connectivity index is 2.60. The molecule has 1 aliphatic carbocycles. The van der Waals surface area contributed by atoms with Crippen LogP contribution in [0.4, 0.5) is 0 Å². The van der Waals surface area contributed by atoms with Crippen LogP contribution in [0.25, 0.3) is 0 Å². The number of likely N-dealkylation sites (N-methyl/N-ethyl adjacent to an activating group) is 1. The normalized spacial score (nSPS) is 31.1. The third kappa shape index (κ3) is 2.47. The molecule has 2 N–H and O–H groups in total. The van der Waals surface area contributed by atoms with Gasteiger partial charge < -0.3 is 10.2 Å². The highest BCUT2D eigenvalue weighted by atomic mass is 16.3. The number of aliphatic hydroxyl groups is 2. The van der Waals surface area contributed by atoms with Crippen molar-refractivity contribution in [2.75, 3.05) is 7.05 Å². The smallest absolute Gasteiger partial charge is 0.0743 e. The third-order valence-electron chi connectivity index (χ3n) is 3.60. The summed E-state index contributed by atoms with van der Waals surface area (Å²) in [5.41, 5.74) is -0.711. The third-order valence-corrected chi connectivity index (χ3v) is 3.60. The van der Waals surface area contributed by atoms with Crippen molar-refractivity contribution in [2.24, 2.45) is 0 Å². The molecule has 1 fully saturated rings. The van der Waals surface area contributed by atoms with E-state index in [2.05, 4.69) is 4.90 Å². The van der Waals surface area contributed by atoms with Crippen molar-refractivity contribution in [3.8, 4) is 0 Å². The van der Waals surface area contributed by atoms with E-state index in [1.54, 1.807) is 0 Å². The molecule has 0 bridgehead atoms. The van der Waals surface area contributed by atoms with Crippen LogP contribution >= 0.6 is 0 Å². The molecular weight excluding hydrogens is 178 g/mol. The molecule has 0 amide bonds. The van der Waals surface area contributed by atoms with Crippen molar-refractivity contribution >= 4 is 0 Å². The van der Waals surface area contributed by atoms with Crippen LogP contribution in [0.3, 0.4) is 0 Å². The fourth-order valence-electron chi connectivity index (χ4n) is 2.18. The molecule has 0 aliphatic heterocycles. The molecule has 3 heteroatoms. The molecule has 0 saturated heterocycles. The zero-order valence-electron chi connectivity index (χ0n) is 9.70. The lowest BCUT2D eigenvalue weighted by Gasteiger charge is -2.38. The van der Waals surface area contributed by atoms with Crippen LogP contribution in [0.15, 0.2) is 0 Å². The SMILES string of the molecule is CC(N(C)[C@H]1CCC[C@@H]1O)C(C)(C)O. The van der Waals surface area contributed by atoms with Gasteiger partial charge in [-0.25, -0.2) is 0 Å². The molecule has 3 nitrogen and oxygen atoms in total. The Morgan fingerprint density at radius 3 is 2.29 bits per heavy atom. The molecule has 0 aromatic carbocycles. The summed E-state index contributed by atoms with van der Waals surface area (Å²) in [6, 6.07) is 0.289. The topological polar surface area (TPSA) is 43.7 Å². The fraction of sp³-hybridized carbons (Fsp3) is 1.00. The monoisotopic (exact) mass is 201 g/mol. The highest BCUT2D eigenvalue weighted by Gasteiger charge is 2.35. The lowest BCUT2D eigenvalue weighted by molar-refractivity contribution is -0.0350. The van der Waals surface area contributed by atoms with E-state index in [-0.39, 0.29) is 18.2 Å². The van der Waals surface area contributed by atoms with E-state index in [9.17, 15) is 10.2 Å². The van der Waals surface area contributed by atoms with Gasteiger partial charge in [0.05, 0.1) is 11.7 Å². The zero-order valence-corrected chi connectivity index (χ0v) is 9.70. The summed E-state index contributed by atoms with van der Waals surface area (Å²) < 4.78 is 0. The summed E-state index contributed by atoms with van der Waals surface area (Å²) in [5.74, 6) is 0. The van der Waals surface area contributed by atoms with E-state index in [0.717, 1.165) is 19.3 Å². The second-order valence-corrected chi connectivity index (χ2v) is 5.06. The molecule has 0 aromatic heterocycles. The maximum absolute atomic E-state index is 9.88. The maximum Gasteiger partial charge on any atom is 0.0743 e. The Labute approximate surface area is 86.7 Å². The summed E-state index contributed by atoms with van der Waals surface area (Å²) in [5, 5.41) is 19.6. The van der Waals surface area contributed by atoms with Gasteiger partial charge in [0.1, 0.15) is 0 Å². The van der Waals surface area contributed by atoms with Gasteiger partial charge in [0.25, 0.3) is 0 Å². The Morgan fingerprint density at radius 2 is 1.93 bits per heavy atom. The molecule has 84 valence electrons. The minimum atomic E-state index is -0.711. The van der Waals surface area contributed by atoms with Crippen LogP contribution in [0, 0.1) is 0 Å². The molecule has 1 saturated carbocycles. The van der Waals surface area contributed by atoms with Crippen LogP contribution in [0.1, 0.15) is 40.0 Å². The van der Waals surface area contributed by atoms with Crippen LogP contribution in [-0.2, 0) is 0 Å². The van der Waals surface area contributed by atoms with Gasteiger partial charge in [-0.3, -0.25) is 4.90 Å². The summed E-state index contributed by atoms with van der Waals surface area (Å²) >= 11 is 0. The highest BCUT2D eigenvalue weighted by molar-refractivity contribution is 4.90. The van der Waals surface area contributed by atoms with Gasteiger partial charge in [-0.15, -0.1) is 0 Å². The van der Waals surface area contributed by atoms with Gasteiger partial charge in [-0.1, -0.05) is 0 Å². The molecule has 3 atom stereocenters. The van der Waals surface area contributed by atoms with Gasteiger partial charge in [0.15, 0.2) is 0 Å². The van der Waals surface area contributed by atoms with Gasteiger partial charge in [-0.2, -0.15) is 0 Å². The summed E-state index contributed by atoms with van der Waals surface area (Å²) in [4.78, 5) is 2.11. The first kappa shape index (κ1) is 12.0. The van der Waals surface area contributed by atoms with Crippen LogP contribution in [0.2, 0.25) is 0 Å². The second kappa shape index (κ2) is 4.17. The molecule has 0 aromatic rings. The maximum atomic E-state index is 9.88. The molecule has 1 unspecified atom stereocenters. The minimum Gasteiger partial charge on any atom is -0.391 e. The number of nitrogens with zero attached hydrogens (tertiary/aromatic N) is 1. The Kier molecular flexibility index (Phi) is 3.56. The lowest BCUT2D eigenvalue weighted by Crippen LogP contribution is -2.51. The number of hydrogen-bond acceptors (Lipinski definition) is 3. The van der Waals surface area contributed by atoms with E-state index < -0.39 is 5.60 Å². The van der Waals surface area contributed by atoms with Gasteiger partial charge in [0, 0.05) is 12.1 Å². The van der Waals surface area contributed by atoms with E-state index in [1.807, 2.05) is 27.8 Å². The molecule has 1 aliphatic rings. The van der Waals surface area contributed by atoms with Crippen molar-refractivity contribution in [1.29, 1.82) is 0 Å². The van der Waals surface area contributed by atoms with Crippen LogP contribution in [0.5, 0.6) is 0 Å². The van der Waals surface area contributed by atoms with Gasteiger partial charge in [-0.05, 0) is 47.1 Å². The van der Waals surface area contributed by atoms with E-state index in [0.29, 0.717) is 0 Å². The van der Waals surface area contributed by atoms with Crippen molar-refractivity contribution in [1.82, 2.24) is 4.90 Å². The molecular formula is C11H23NO2. The van der Waals surface area contributed by atoms with Crippen LogP contribution < -0.4 is 0 Å². The van der Waals surface area contributed by atoms with Crippen LogP contribution in [-0.4, -0.2) is 45.9 Å². The summed E-state index contributed by atoms with van der Waals surface area (Å²) in [6.07, 6.45) is 2.81. The van der Waals surface area contributed by atoms with Crippen molar-refractivity contribution in [2.45, 2.75) is 63.8 Å². The van der Waals surface area contributed by atoms with Crippen molar-refractivity contribution in [3.63, 3.8) is 0 Å². The Morgan fingerprint density at radius 1 is 1.36 bits per heavy atom. The minimum absolute atomic E-state index is 0.0697. The van der Waals surface area contributed by atoms with Gasteiger partial charge in [0.2, 0.25) is 0 Å². The average Bonchev–Trinajstić information content (AvgIpc) is 2.47. The largest absolute Gasteiger partial charge is 0.391 e. The molecule has 0 radical (unpaired) electrons. The van der Waals surface area contributed by atoms with Crippen molar-refractivity contribution in [3.05, 3.63) is 0 Å². The first-order chi connectivity index (χ1) is 6.34. The Bertz CT molecular complexity index is 186.